The predicted octanol–water partition coefficient (Wildman–Crippen LogP) is 3.04. The molecule has 0 unspecified atom stereocenters. The number of nitriles is 1. The minimum absolute atomic E-state index is 0.0800. The Labute approximate surface area is 104 Å². The van der Waals surface area contributed by atoms with Crippen LogP contribution in [0.1, 0.15) is 24.8 Å². The molecule has 0 radical (unpaired) electrons. The number of unbranched alkanes of at least 4 members (excludes halogenated alkanes) is 1. The van der Waals surface area contributed by atoms with Gasteiger partial charge in [-0.3, -0.25) is 4.79 Å². The van der Waals surface area contributed by atoms with E-state index in [0.29, 0.717) is 24.4 Å². The molecule has 0 aromatic heterocycles. The maximum Gasteiger partial charge on any atom is 0.224 e. The Kier molecular flexibility index (Phi) is 5.44. The number of anilines is 1. The highest BCUT2D eigenvalue weighted by Gasteiger charge is 2.05. The quantitative estimate of drug-likeness (QED) is 0.649. The molecule has 0 saturated carbocycles. The molecule has 5 heteroatoms. The highest BCUT2D eigenvalue weighted by Crippen LogP contribution is 2.14. The van der Waals surface area contributed by atoms with Crippen LogP contribution in [-0.4, -0.2) is 11.8 Å². The van der Waals surface area contributed by atoms with Crippen molar-refractivity contribution < 1.29 is 9.18 Å². The first-order valence-corrected chi connectivity index (χ1v) is 5.76. The van der Waals surface area contributed by atoms with Crippen LogP contribution < -0.4 is 5.32 Å². The fourth-order valence-corrected chi connectivity index (χ4v) is 1.48. The summed E-state index contributed by atoms with van der Waals surface area (Å²) >= 11 is 5.49. The number of alkyl halides is 1. The van der Waals surface area contributed by atoms with Gasteiger partial charge in [-0.05, 0) is 31.0 Å². The molecule has 17 heavy (non-hydrogen) atoms. The summed E-state index contributed by atoms with van der Waals surface area (Å²) in [7, 11) is 0. The molecule has 1 aromatic carbocycles. The molecule has 0 aliphatic rings. The van der Waals surface area contributed by atoms with Crippen LogP contribution in [0.2, 0.25) is 0 Å². The smallest absolute Gasteiger partial charge is 0.224 e. The Morgan fingerprint density at radius 2 is 2.24 bits per heavy atom. The van der Waals surface area contributed by atoms with Gasteiger partial charge in [0, 0.05) is 18.0 Å². The van der Waals surface area contributed by atoms with Gasteiger partial charge >= 0.3 is 0 Å². The number of nitrogens with one attached hydrogen (secondary N) is 1. The number of hydrogen-bond donors (Lipinski definition) is 1. The fourth-order valence-electron chi connectivity index (χ4n) is 1.29. The largest absolute Gasteiger partial charge is 0.326 e. The summed E-state index contributed by atoms with van der Waals surface area (Å²) in [5.41, 5.74) is 0.349. The van der Waals surface area contributed by atoms with Crippen LogP contribution in [0.4, 0.5) is 10.1 Å². The van der Waals surface area contributed by atoms with E-state index < -0.39 is 5.82 Å². The third-order valence-electron chi connectivity index (χ3n) is 2.16. The standard InChI is InChI=1S/C12H12ClFN2O/c13-6-2-1-3-12(17)16-10-4-5-11(14)9(7-10)8-15/h4-5,7H,1-3,6H2,(H,16,17). The van der Waals surface area contributed by atoms with Gasteiger partial charge in [0.2, 0.25) is 5.91 Å². The molecule has 3 nitrogen and oxygen atoms in total. The summed E-state index contributed by atoms with van der Waals surface area (Å²) in [5.74, 6) is -0.221. The number of halogens is 2. The number of benzene rings is 1. The van der Waals surface area contributed by atoms with Gasteiger partial charge in [0.15, 0.2) is 0 Å². The number of carbonyl (C=O) groups excluding carboxylic acids is 1. The molecular weight excluding hydrogens is 243 g/mol. The zero-order valence-corrected chi connectivity index (χ0v) is 9.93. The fraction of sp³-hybridized carbons (Fsp3) is 0.333. The Morgan fingerprint density at radius 1 is 1.47 bits per heavy atom. The third kappa shape index (κ3) is 4.41. The Bertz CT molecular complexity index is 443. The second-order valence-corrected chi connectivity index (χ2v) is 3.88. The summed E-state index contributed by atoms with van der Waals surface area (Å²) in [6.07, 6.45) is 1.86. The van der Waals surface area contributed by atoms with Crippen LogP contribution in [0.5, 0.6) is 0 Å². The van der Waals surface area contributed by atoms with Gasteiger partial charge in [0.25, 0.3) is 0 Å². The van der Waals surface area contributed by atoms with Crippen molar-refractivity contribution in [3.8, 4) is 6.07 Å². The Balaban J connectivity index is 2.57. The van der Waals surface area contributed by atoms with Gasteiger partial charge in [0.05, 0.1) is 5.56 Å². The second-order valence-electron chi connectivity index (χ2n) is 3.50. The topological polar surface area (TPSA) is 52.9 Å². The average Bonchev–Trinajstić information content (AvgIpc) is 2.32. The molecule has 90 valence electrons. The lowest BCUT2D eigenvalue weighted by Gasteiger charge is -2.05. The van der Waals surface area contributed by atoms with E-state index in [0.717, 1.165) is 12.5 Å². The van der Waals surface area contributed by atoms with Crippen LogP contribution in [0.3, 0.4) is 0 Å². The molecule has 1 N–H and O–H groups in total. The molecule has 0 heterocycles. The van der Waals surface area contributed by atoms with Crippen molar-refractivity contribution >= 4 is 23.2 Å². The molecule has 0 atom stereocenters. The van der Waals surface area contributed by atoms with Crippen molar-refractivity contribution in [1.82, 2.24) is 0 Å². The summed E-state index contributed by atoms with van der Waals surface area (Å²) in [4.78, 5) is 11.4. The maximum atomic E-state index is 13.0. The first kappa shape index (κ1) is 13.5. The van der Waals surface area contributed by atoms with Gasteiger partial charge in [-0.25, -0.2) is 4.39 Å². The molecule has 0 aliphatic carbocycles. The van der Waals surface area contributed by atoms with E-state index in [-0.39, 0.29) is 11.5 Å². The summed E-state index contributed by atoms with van der Waals surface area (Å²) in [6, 6.07) is 5.62. The molecule has 0 aliphatic heterocycles. The number of hydrogen-bond acceptors (Lipinski definition) is 2. The molecule has 0 spiro atoms. The van der Waals surface area contributed by atoms with E-state index in [9.17, 15) is 9.18 Å². The van der Waals surface area contributed by atoms with Crippen LogP contribution >= 0.6 is 11.6 Å². The van der Waals surface area contributed by atoms with Crippen molar-refractivity contribution in [3.05, 3.63) is 29.6 Å². The van der Waals surface area contributed by atoms with Crippen LogP contribution in [0.15, 0.2) is 18.2 Å². The van der Waals surface area contributed by atoms with Gasteiger partial charge in [-0.15, -0.1) is 11.6 Å². The molecular formula is C12H12ClFN2O. The normalized spacial score (nSPS) is 9.71. The molecule has 0 bridgehead atoms. The number of carbonyl (C=O) groups is 1. The van der Waals surface area contributed by atoms with E-state index in [4.69, 9.17) is 16.9 Å². The zero-order chi connectivity index (χ0) is 12.7. The second kappa shape index (κ2) is 6.87. The lowest BCUT2D eigenvalue weighted by atomic mass is 10.2. The average molecular weight is 255 g/mol. The number of nitrogens with zero attached hydrogens (tertiary/aromatic N) is 1. The summed E-state index contributed by atoms with van der Waals surface area (Å²) in [5, 5.41) is 11.2. The molecule has 1 amide bonds. The third-order valence-corrected chi connectivity index (χ3v) is 2.43. The van der Waals surface area contributed by atoms with E-state index in [2.05, 4.69) is 5.32 Å². The minimum Gasteiger partial charge on any atom is -0.326 e. The van der Waals surface area contributed by atoms with Crippen LogP contribution in [0, 0.1) is 17.1 Å². The predicted molar refractivity (Wildman–Crippen MR) is 64.3 cm³/mol. The monoisotopic (exact) mass is 254 g/mol. The van der Waals surface area contributed by atoms with Gasteiger partial charge in [0.1, 0.15) is 11.9 Å². The van der Waals surface area contributed by atoms with Crippen molar-refractivity contribution in [2.75, 3.05) is 11.2 Å². The maximum absolute atomic E-state index is 13.0. The zero-order valence-electron chi connectivity index (χ0n) is 9.17. The van der Waals surface area contributed by atoms with E-state index in [1.165, 1.54) is 12.1 Å². The van der Waals surface area contributed by atoms with E-state index in [1.807, 2.05) is 0 Å². The van der Waals surface area contributed by atoms with Crippen molar-refractivity contribution in [2.24, 2.45) is 0 Å². The van der Waals surface area contributed by atoms with Crippen molar-refractivity contribution in [1.29, 1.82) is 5.26 Å². The van der Waals surface area contributed by atoms with Crippen molar-refractivity contribution in [2.45, 2.75) is 19.3 Å². The molecule has 0 saturated heterocycles. The first-order valence-electron chi connectivity index (χ1n) is 5.23. The SMILES string of the molecule is N#Cc1cc(NC(=O)CCCCCl)ccc1F. The molecule has 1 rings (SSSR count). The van der Waals surface area contributed by atoms with Crippen LogP contribution in [-0.2, 0) is 4.79 Å². The lowest BCUT2D eigenvalue weighted by Crippen LogP contribution is -2.11. The number of rotatable bonds is 5. The Morgan fingerprint density at radius 3 is 2.88 bits per heavy atom. The van der Waals surface area contributed by atoms with Crippen molar-refractivity contribution in [3.63, 3.8) is 0 Å². The highest BCUT2D eigenvalue weighted by atomic mass is 35.5. The highest BCUT2D eigenvalue weighted by molar-refractivity contribution is 6.17. The van der Waals surface area contributed by atoms with Crippen LogP contribution in [0.25, 0.3) is 0 Å². The lowest BCUT2D eigenvalue weighted by molar-refractivity contribution is -0.116. The van der Waals surface area contributed by atoms with E-state index in [1.54, 1.807) is 6.07 Å². The molecule has 0 fully saturated rings. The Hall–Kier alpha value is -1.60. The van der Waals surface area contributed by atoms with Gasteiger partial charge in [-0.1, -0.05) is 0 Å². The first-order chi connectivity index (χ1) is 8.17. The minimum atomic E-state index is -0.590. The summed E-state index contributed by atoms with van der Waals surface area (Å²) in [6.45, 7) is 0. The van der Waals surface area contributed by atoms with E-state index >= 15 is 0 Å². The summed E-state index contributed by atoms with van der Waals surface area (Å²) < 4.78 is 13.0. The number of amides is 1. The van der Waals surface area contributed by atoms with Gasteiger partial charge in [-0.2, -0.15) is 5.26 Å². The molecule has 1 aromatic rings. The van der Waals surface area contributed by atoms with Gasteiger partial charge < -0.3 is 5.32 Å².